The topological polar surface area (TPSA) is 64.6 Å². The van der Waals surface area contributed by atoms with Gasteiger partial charge in [0.25, 0.3) is 0 Å². The van der Waals surface area contributed by atoms with E-state index in [1.54, 1.807) is 37.4 Å². The van der Waals surface area contributed by atoms with E-state index in [0.29, 0.717) is 16.4 Å². The Bertz CT molecular complexity index is 705. The number of nitrogens with zero attached hydrogens (tertiary/aromatic N) is 1. The molecular weight excluding hydrogens is 290 g/mol. The molecule has 108 valence electrons. The molecule has 6 heteroatoms. The summed E-state index contributed by atoms with van der Waals surface area (Å²) >= 11 is 6.07. The number of nitrogens with one attached hydrogen (secondary N) is 2. The standard InChI is InChI=1S/C15H14ClN3O2/c1-17-14-12-6-5-9(16)7-13(12)19(15(21)18-14)10-3-2-4-11(20)8-10/h2-8,14,17,20H,1H3,(H,18,21). The fourth-order valence-corrected chi connectivity index (χ4v) is 2.61. The van der Waals surface area contributed by atoms with E-state index in [0.717, 1.165) is 5.56 Å². The average Bonchev–Trinajstić information content (AvgIpc) is 2.46. The number of phenolic OH excluding ortho intramolecular Hbond substituents is 1. The summed E-state index contributed by atoms with van der Waals surface area (Å²) < 4.78 is 0. The molecule has 2 aromatic rings. The maximum Gasteiger partial charge on any atom is 0.328 e. The zero-order valence-corrected chi connectivity index (χ0v) is 12.1. The van der Waals surface area contributed by atoms with Gasteiger partial charge in [-0.05, 0) is 31.3 Å². The van der Waals surface area contributed by atoms with Crippen LogP contribution in [0, 0.1) is 0 Å². The van der Waals surface area contributed by atoms with E-state index < -0.39 is 0 Å². The van der Waals surface area contributed by atoms with Crippen LogP contribution in [0.2, 0.25) is 5.02 Å². The Morgan fingerprint density at radius 3 is 2.81 bits per heavy atom. The maximum atomic E-state index is 12.4. The minimum absolute atomic E-state index is 0.0969. The molecule has 1 heterocycles. The number of halogens is 1. The van der Waals surface area contributed by atoms with Gasteiger partial charge < -0.3 is 10.4 Å². The summed E-state index contributed by atoms with van der Waals surface area (Å²) in [6.07, 6.45) is -0.279. The number of aromatic hydroxyl groups is 1. The van der Waals surface area contributed by atoms with Crippen LogP contribution in [-0.2, 0) is 0 Å². The van der Waals surface area contributed by atoms with Crippen LogP contribution in [0.1, 0.15) is 11.7 Å². The number of hydrogen-bond donors (Lipinski definition) is 3. The fraction of sp³-hybridized carbons (Fsp3) is 0.133. The largest absolute Gasteiger partial charge is 0.508 e. The van der Waals surface area contributed by atoms with Gasteiger partial charge in [0.2, 0.25) is 0 Å². The van der Waals surface area contributed by atoms with E-state index in [2.05, 4.69) is 10.6 Å². The van der Waals surface area contributed by atoms with Gasteiger partial charge in [-0.2, -0.15) is 0 Å². The molecule has 0 saturated carbocycles. The Hall–Kier alpha value is -2.24. The predicted molar refractivity (Wildman–Crippen MR) is 82.0 cm³/mol. The minimum atomic E-state index is -0.283. The third-order valence-corrected chi connectivity index (χ3v) is 3.63. The van der Waals surface area contributed by atoms with E-state index in [1.807, 2.05) is 6.07 Å². The normalized spacial score (nSPS) is 17.3. The van der Waals surface area contributed by atoms with Crippen LogP contribution in [0.5, 0.6) is 5.75 Å². The number of amides is 2. The first-order chi connectivity index (χ1) is 10.1. The molecule has 5 nitrogen and oxygen atoms in total. The first-order valence-corrected chi connectivity index (χ1v) is 6.84. The SMILES string of the molecule is CNC1NC(=O)N(c2cccc(O)c2)c2cc(Cl)ccc21. The number of fused-ring (bicyclic) bond motifs is 1. The van der Waals surface area contributed by atoms with Crippen LogP contribution in [0.4, 0.5) is 16.2 Å². The minimum Gasteiger partial charge on any atom is -0.508 e. The van der Waals surface area contributed by atoms with Crippen molar-refractivity contribution in [3.8, 4) is 5.75 Å². The van der Waals surface area contributed by atoms with Crippen molar-refractivity contribution in [1.82, 2.24) is 10.6 Å². The second-order valence-corrected chi connectivity index (χ2v) is 5.17. The Morgan fingerprint density at radius 1 is 1.29 bits per heavy atom. The van der Waals surface area contributed by atoms with Crippen LogP contribution in [0.15, 0.2) is 42.5 Å². The lowest BCUT2D eigenvalue weighted by Crippen LogP contribution is -2.48. The van der Waals surface area contributed by atoms with Crippen molar-refractivity contribution in [2.45, 2.75) is 6.17 Å². The number of hydrogen-bond acceptors (Lipinski definition) is 3. The zero-order valence-electron chi connectivity index (χ0n) is 11.3. The van der Waals surface area contributed by atoms with Crippen molar-refractivity contribution in [2.75, 3.05) is 11.9 Å². The van der Waals surface area contributed by atoms with Crippen LogP contribution in [0.3, 0.4) is 0 Å². The molecule has 2 amide bonds. The van der Waals surface area contributed by atoms with Crippen molar-refractivity contribution < 1.29 is 9.90 Å². The first kappa shape index (κ1) is 13.7. The summed E-state index contributed by atoms with van der Waals surface area (Å²) in [7, 11) is 1.77. The van der Waals surface area contributed by atoms with Crippen LogP contribution in [0.25, 0.3) is 0 Å². The molecule has 2 aromatic carbocycles. The van der Waals surface area contributed by atoms with Gasteiger partial charge in [0.05, 0.1) is 11.4 Å². The van der Waals surface area contributed by atoms with Crippen molar-refractivity contribution in [3.63, 3.8) is 0 Å². The van der Waals surface area contributed by atoms with Crippen molar-refractivity contribution in [2.24, 2.45) is 0 Å². The van der Waals surface area contributed by atoms with Crippen molar-refractivity contribution >= 4 is 29.0 Å². The van der Waals surface area contributed by atoms with E-state index in [4.69, 9.17) is 11.6 Å². The van der Waals surface area contributed by atoms with E-state index in [1.165, 1.54) is 11.0 Å². The van der Waals surface area contributed by atoms with E-state index in [9.17, 15) is 9.90 Å². The number of urea groups is 1. The van der Waals surface area contributed by atoms with Gasteiger partial charge in [0.15, 0.2) is 0 Å². The average molecular weight is 304 g/mol. The van der Waals surface area contributed by atoms with Crippen LogP contribution < -0.4 is 15.5 Å². The lowest BCUT2D eigenvalue weighted by atomic mass is 10.1. The smallest absolute Gasteiger partial charge is 0.328 e. The molecule has 0 bridgehead atoms. The van der Waals surface area contributed by atoms with Gasteiger partial charge >= 0.3 is 6.03 Å². The molecule has 1 atom stereocenters. The van der Waals surface area contributed by atoms with Gasteiger partial charge in [0.1, 0.15) is 11.9 Å². The molecule has 3 N–H and O–H groups in total. The zero-order chi connectivity index (χ0) is 15.0. The number of carbonyl (C=O) groups excluding carboxylic acids is 1. The number of rotatable bonds is 2. The monoisotopic (exact) mass is 303 g/mol. The summed E-state index contributed by atoms with van der Waals surface area (Å²) in [5.41, 5.74) is 2.17. The Kier molecular flexibility index (Phi) is 3.45. The van der Waals surface area contributed by atoms with Gasteiger partial charge in [0, 0.05) is 16.7 Å². The number of anilines is 2. The van der Waals surface area contributed by atoms with Crippen LogP contribution in [-0.4, -0.2) is 18.2 Å². The molecular formula is C15H14ClN3O2. The highest BCUT2D eigenvalue weighted by Crippen LogP contribution is 2.37. The molecule has 0 saturated heterocycles. The van der Waals surface area contributed by atoms with Gasteiger partial charge in [-0.25, -0.2) is 4.79 Å². The Balaban J connectivity index is 2.17. The van der Waals surface area contributed by atoms with Crippen LogP contribution >= 0.6 is 11.6 Å². The molecule has 0 aliphatic carbocycles. The highest BCUT2D eigenvalue weighted by Gasteiger charge is 2.31. The highest BCUT2D eigenvalue weighted by molar-refractivity contribution is 6.31. The summed E-state index contributed by atoms with van der Waals surface area (Å²) in [4.78, 5) is 13.9. The number of benzene rings is 2. The second kappa shape index (κ2) is 5.27. The molecule has 1 aliphatic heterocycles. The molecule has 0 fully saturated rings. The Labute approximate surface area is 127 Å². The molecule has 1 unspecified atom stereocenters. The fourth-order valence-electron chi connectivity index (χ4n) is 2.45. The molecule has 0 aromatic heterocycles. The predicted octanol–water partition coefficient (Wildman–Crippen LogP) is 3.12. The molecule has 1 aliphatic rings. The van der Waals surface area contributed by atoms with E-state index in [-0.39, 0.29) is 17.9 Å². The second-order valence-electron chi connectivity index (χ2n) is 4.73. The first-order valence-electron chi connectivity index (χ1n) is 6.46. The molecule has 21 heavy (non-hydrogen) atoms. The Morgan fingerprint density at radius 2 is 2.10 bits per heavy atom. The third kappa shape index (κ3) is 2.41. The quantitative estimate of drug-likeness (QED) is 0.798. The van der Waals surface area contributed by atoms with E-state index >= 15 is 0 Å². The lowest BCUT2D eigenvalue weighted by Gasteiger charge is -2.35. The summed E-state index contributed by atoms with van der Waals surface area (Å²) in [5.74, 6) is 0.0969. The van der Waals surface area contributed by atoms with Gasteiger partial charge in [-0.1, -0.05) is 23.7 Å². The third-order valence-electron chi connectivity index (χ3n) is 3.39. The summed E-state index contributed by atoms with van der Waals surface area (Å²) in [5, 5.41) is 16.1. The van der Waals surface area contributed by atoms with Crippen molar-refractivity contribution in [1.29, 1.82) is 0 Å². The van der Waals surface area contributed by atoms with Gasteiger partial charge in [-0.3, -0.25) is 10.2 Å². The lowest BCUT2D eigenvalue weighted by molar-refractivity contribution is 0.241. The summed E-state index contributed by atoms with van der Waals surface area (Å²) in [6.45, 7) is 0. The maximum absolute atomic E-state index is 12.4. The number of carbonyl (C=O) groups is 1. The summed E-state index contributed by atoms with van der Waals surface area (Å²) in [6, 6.07) is 11.6. The molecule has 0 spiro atoms. The molecule has 3 rings (SSSR count). The van der Waals surface area contributed by atoms with Crippen molar-refractivity contribution in [3.05, 3.63) is 53.1 Å². The highest BCUT2D eigenvalue weighted by atomic mass is 35.5. The number of phenols is 1. The van der Waals surface area contributed by atoms with Gasteiger partial charge in [-0.15, -0.1) is 0 Å². The molecule has 0 radical (unpaired) electrons.